The van der Waals surface area contributed by atoms with Crippen molar-refractivity contribution in [2.45, 2.75) is 44.2 Å². The van der Waals surface area contributed by atoms with E-state index in [1.165, 1.54) is 24.6 Å². The second-order valence-electron chi connectivity index (χ2n) is 6.57. The van der Waals surface area contributed by atoms with Gasteiger partial charge in [0.15, 0.2) is 0 Å². The molecule has 1 aromatic carbocycles. The Labute approximate surface area is 142 Å². The van der Waals surface area contributed by atoms with E-state index in [9.17, 15) is 4.79 Å². The molecule has 3 unspecified atom stereocenters. The molecule has 1 aromatic heterocycles. The highest BCUT2D eigenvalue weighted by molar-refractivity contribution is 7.99. The third-order valence-corrected chi connectivity index (χ3v) is 5.91. The van der Waals surface area contributed by atoms with Crippen LogP contribution in [0, 0.1) is 11.8 Å². The molecule has 3 rings (SSSR count). The van der Waals surface area contributed by atoms with Crippen molar-refractivity contribution in [1.29, 1.82) is 0 Å². The predicted octanol–water partition coefficient (Wildman–Crippen LogP) is 4.27. The van der Waals surface area contributed by atoms with E-state index in [4.69, 9.17) is 0 Å². The Kier molecular flexibility index (Phi) is 5.21. The second-order valence-corrected chi connectivity index (χ2v) is 7.57. The van der Waals surface area contributed by atoms with E-state index in [0.29, 0.717) is 23.6 Å². The van der Waals surface area contributed by atoms with Crippen LogP contribution in [0.4, 0.5) is 0 Å². The molecule has 122 valence electrons. The van der Waals surface area contributed by atoms with Crippen molar-refractivity contribution in [1.82, 2.24) is 10.3 Å². The first-order chi connectivity index (χ1) is 11.1. The van der Waals surface area contributed by atoms with Gasteiger partial charge in [0.05, 0.1) is 16.3 Å². The van der Waals surface area contributed by atoms with Crippen LogP contribution >= 0.6 is 11.8 Å². The number of hydrogen-bond donors (Lipinski definition) is 1. The molecule has 1 aliphatic carbocycles. The number of pyridine rings is 1. The topological polar surface area (TPSA) is 42.0 Å². The van der Waals surface area contributed by atoms with Crippen LogP contribution in [0.5, 0.6) is 0 Å². The van der Waals surface area contributed by atoms with Gasteiger partial charge in [0.1, 0.15) is 0 Å². The van der Waals surface area contributed by atoms with Crippen molar-refractivity contribution in [3.8, 4) is 0 Å². The van der Waals surface area contributed by atoms with Crippen LogP contribution in [0.3, 0.4) is 0 Å². The lowest BCUT2D eigenvalue weighted by Crippen LogP contribution is -2.44. The van der Waals surface area contributed by atoms with Crippen molar-refractivity contribution in [2.24, 2.45) is 11.8 Å². The van der Waals surface area contributed by atoms with E-state index >= 15 is 0 Å². The first-order valence-corrected chi connectivity index (χ1v) is 9.40. The average molecular weight is 328 g/mol. The lowest BCUT2D eigenvalue weighted by atomic mass is 9.78. The number of nitrogens with zero attached hydrogens (tertiary/aromatic N) is 1. The van der Waals surface area contributed by atoms with Crippen molar-refractivity contribution in [2.75, 3.05) is 5.75 Å². The lowest BCUT2D eigenvalue weighted by Gasteiger charge is -2.34. The van der Waals surface area contributed by atoms with Crippen molar-refractivity contribution in [3.63, 3.8) is 0 Å². The Morgan fingerprint density at radius 3 is 2.91 bits per heavy atom. The quantitative estimate of drug-likeness (QED) is 0.852. The summed E-state index contributed by atoms with van der Waals surface area (Å²) < 4.78 is 0. The third-order valence-electron chi connectivity index (χ3n) is 4.98. The minimum Gasteiger partial charge on any atom is -0.352 e. The lowest BCUT2D eigenvalue weighted by molar-refractivity contribution is -0.119. The fraction of sp³-hybridized carbons (Fsp3) is 0.474. The van der Waals surface area contributed by atoms with Gasteiger partial charge in [-0.15, -0.1) is 0 Å². The summed E-state index contributed by atoms with van der Waals surface area (Å²) in [6.07, 6.45) is 3.61. The standard InChI is InChI=1S/C19H24N2OS/c1-13-6-5-9-16(14(13)2)20-18(22)12-23-19-11-10-15-7-3-4-8-17(15)21-19/h3-4,7-8,10-11,13-14,16H,5-6,9,12H2,1-2H3,(H,20,22). The van der Waals surface area contributed by atoms with E-state index in [2.05, 4.69) is 36.3 Å². The van der Waals surface area contributed by atoms with Gasteiger partial charge in [-0.05, 0) is 30.4 Å². The number of thioether (sulfide) groups is 1. The number of amides is 1. The first-order valence-electron chi connectivity index (χ1n) is 8.41. The SMILES string of the molecule is CC1CCCC(NC(=O)CSc2ccc3ccccc3n2)C1C. The summed E-state index contributed by atoms with van der Waals surface area (Å²) in [7, 11) is 0. The molecule has 1 heterocycles. The molecule has 0 radical (unpaired) electrons. The smallest absolute Gasteiger partial charge is 0.230 e. The molecule has 3 atom stereocenters. The highest BCUT2D eigenvalue weighted by atomic mass is 32.2. The van der Waals surface area contributed by atoms with Gasteiger partial charge in [0, 0.05) is 11.4 Å². The fourth-order valence-corrected chi connectivity index (χ4v) is 3.99. The van der Waals surface area contributed by atoms with E-state index in [-0.39, 0.29) is 5.91 Å². The van der Waals surface area contributed by atoms with Crippen molar-refractivity contribution in [3.05, 3.63) is 36.4 Å². The van der Waals surface area contributed by atoms with Crippen LogP contribution in [0.2, 0.25) is 0 Å². The van der Waals surface area contributed by atoms with Crippen molar-refractivity contribution >= 4 is 28.6 Å². The number of carbonyl (C=O) groups is 1. The molecule has 2 aromatic rings. The summed E-state index contributed by atoms with van der Waals surface area (Å²) in [6.45, 7) is 4.55. The Hall–Kier alpha value is -1.55. The summed E-state index contributed by atoms with van der Waals surface area (Å²) >= 11 is 1.51. The Morgan fingerprint density at radius 1 is 1.22 bits per heavy atom. The van der Waals surface area contributed by atoms with Crippen LogP contribution in [-0.4, -0.2) is 22.7 Å². The van der Waals surface area contributed by atoms with Gasteiger partial charge in [-0.3, -0.25) is 4.79 Å². The molecular formula is C19H24N2OS. The molecule has 1 fully saturated rings. The second kappa shape index (κ2) is 7.35. The maximum Gasteiger partial charge on any atom is 0.230 e. The van der Waals surface area contributed by atoms with Crippen LogP contribution in [-0.2, 0) is 4.79 Å². The Balaban J connectivity index is 1.55. The zero-order valence-electron chi connectivity index (χ0n) is 13.8. The summed E-state index contributed by atoms with van der Waals surface area (Å²) in [5.74, 6) is 1.82. The molecule has 4 heteroatoms. The van der Waals surface area contributed by atoms with Crippen LogP contribution in [0.1, 0.15) is 33.1 Å². The fourth-order valence-electron chi connectivity index (χ4n) is 3.30. The normalized spacial score (nSPS) is 24.5. The van der Waals surface area contributed by atoms with Gasteiger partial charge in [-0.25, -0.2) is 4.98 Å². The van der Waals surface area contributed by atoms with Crippen LogP contribution in [0.25, 0.3) is 10.9 Å². The minimum atomic E-state index is 0.121. The average Bonchev–Trinajstić information content (AvgIpc) is 2.57. The van der Waals surface area contributed by atoms with E-state index in [1.807, 2.05) is 24.3 Å². The molecule has 1 amide bonds. The number of aromatic nitrogens is 1. The Morgan fingerprint density at radius 2 is 2.04 bits per heavy atom. The van der Waals surface area contributed by atoms with Crippen LogP contribution in [0.15, 0.2) is 41.4 Å². The number of para-hydroxylation sites is 1. The van der Waals surface area contributed by atoms with Gasteiger partial charge in [0.2, 0.25) is 5.91 Å². The molecule has 23 heavy (non-hydrogen) atoms. The molecular weight excluding hydrogens is 304 g/mol. The van der Waals surface area contributed by atoms with Gasteiger partial charge in [0.25, 0.3) is 0 Å². The summed E-state index contributed by atoms with van der Waals surface area (Å²) in [5.41, 5.74) is 0.979. The third kappa shape index (κ3) is 4.05. The molecule has 3 nitrogen and oxygen atoms in total. The number of rotatable bonds is 4. The number of hydrogen-bond acceptors (Lipinski definition) is 3. The zero-order valence-corrected chi connectivity index (χ0v) is 14.6. The monoisotopic (exact) mass is 328 g/mol. The Bertz CT molecular complexity index is 688. The largest absolute Gasteiger partial charge is 0.352 e. The number of fused-ring (bicyclic) bond motifs is 1. The highest BCUT2D eigenvalue weighted by Gasteiger charge is 2.27. The molecule has 1 N–H and O–H groups in total. The van der Waals surface area contributed by atoms with Crippen molar-refractivity contribution < 1.29 is 4.79 Å². The van der Waals surface area contributed by atoms with Gasteiger partial charge in [-0.2, -0.15) is 0 Å². The maximum absolute atomic E-state index is 12.2. The molecule has 0 spiro atoms. The zero-order chi connectivity index (χ0) is 16.2. The maximum atomic E-state index is 12.2. The van der Waals surface area contributed by atoms with E-state index in [1.54, 1.807) is 0 Å². The molecule has 1 aliphatic rings. The van der Waals surface area contributed by atoms with Crippen LogP contribution < -0.4 is 5.32 Å². The number of benzene rings is 1. The summed E-state index contributed by atoms with van der Waals surface area (Å²) in [4.78, 5) is 16.8. The molecule has 1 saturated carbocycles. The van der Waals surface area contributed by atoms with Gasteiger partial charge >= 0.3 is 0 Å². The number of carbonyl (C=O) groups excluding carboxylic acids is 1. The number of nitrogens with one attached hydrogen (secondary N) is 1. The van der Waals surface area contributed by atoms with E-state index < -0.39 is 0 Å². The highest BCUT2D eigenvalue weighted by Crippen LogP contribution is 2.29. The molecule has 0 aliphatic heterocycles. The predicted molar refractivity (Wildman–Crippen MR) is 96.6 cm³/mol. The summed E-state index contributed by atoms with van der Waals surface area (Å²) in [5, 5.41) is 5.26. The molecule has 0 saturated heterocycles. The first kappa shape index (κ1) is 16.3. The minimum absolute atomic E-state index is 0.121. The molecule has 0 bridgehead atoms. The van der Waals surface area contributed by atoms with E-state index in [0.717, 1.165) is 22.3 Å². The van der Waals surface area contributed by atoms with Gasteiger partial charge in [-0.1, -0.05) is 62.7 Å². The summed E-state index contributed by atoms with van der Waals surface area (Å²) in [6, 6.07) is 12.4. The van der Waals surface area contributed by atoms with Gasteiger partial charge < -0.3 is 5.32 Å².